The average molecular weight is 566 g/mol. The molecule has 4 rings (SSSR count). The molecule has 2 aliphatic rings. The molecule has 2 aromatic carbocycles. The maximum atomic E-state index is 14.0. The van der Waals surface area contributed by atoms with Crippen molar-refractivity contribution in [2.75, 3.05) is 7.11 Å². The van der Waals surface area contributed by atoms with Crippen molar-refractivity contribution in [3.63, 3.8) is 0 Å². The van der Waals surface area contributed by atoms with E-state index >= 15 is 0 Å². The molecule has 0 unspecified atom stereocenters. The highest BCUT2D eigenvalue weighted by molar-refractivity contribution is 5.88. The van der Waals surface area contributed by atoms with Gasteiger partial charge in [0.15, 0.2) is 0 Å². The van der Waals surface area contributed by atoms with Gasteiger partial charge in [0.25, 0.3) is 0 Å². The van der Waals surface area contributed by atoms with Gasteiger partial charge in [0.2, 0.25) is 0 Å². The van der Waals surface area contributed by atoms with Gasteiger partial charge in [-0.15, -0.1) is 0 Å². The van der Waals surface area contributed by atoms with Crippen LogP contribution in [-0.2, 0) is 28.6 Å². The Morgan fingerprint density at radius 1 is 0.854 bits per heavy atom. The molecule has 2 fully saturated rings. The first-order valence-corrected chi connectivity index (χ1v) is 14.0. The summed E-state index contributed by atoms with van der Waals surface area (Å²) in [7, 11) is 1.30. The second-order valence-electron chi connectivity index (χ2n) is 12.9. The molecule has 220 valence electrons. The smallest absolute Gasteiger partial charge is 0.326 e. The van der Waals surface area contributed by atoms with Crippen molar-refractivity contribution in [2.24, 2.45) is 11.8 Å². The number of ether oxygens (including phenoxy) is 3. The van der Waals surface area contributed by atoms with Crippen LogP contribution in [0.3, 0.4) is 0 Å². The van der Waals surface area contributed by atoms with Gasteiger partial charge in [-0.1, -0.05) is 54.6 Å². The van der Waals surface area contributed by atoms with E-state index in [1.165, 1.54) is 19.2 Å². The third-order valence-corrected chi connectivity index (χ3v) is 7.51. The number of hydrogen-bond acceptors (Lipinski definition) is 7. The van der Waals surface area contributed by atoms with Crippen LogP contribution in [-0.4, -0.2) is 52.7 Å². The van der Waals surface area contributed by atoms with E-state index in [0.717, 1.165) is 5.56 Å². The third-order valence-electron chi connectivity index (χ3n) is 7.51. The Balaban J connectivity index is 1.90. The van der Waals surface area contributed by atoms with Crippen LogP contribution in [0, 0.1) is 17.7 Å². The topological polar surface area (TPSA) is 82.1 Å². The number of benzene rings is 2. The lowest BCUT2D eigenvalue weighted by Crippen LogP contribution is -2.49. The van der Waals surface area contributed by atoms with Crippen LogP contribution >= 0.6 is 0 Å². The first-order valence-electron chi connectivity index (χ1n) is 14.0. The van der Waals surface area contributed by atoms with Gasteiger partial charge in [0.05, 0.1) is 18.9 Å². The molecule has 0 N–H and O–H groups in total. The number of methoxy groups -OCH3 is 1. The second-order valence-corrected chi connectivity index (χ2v) is 12.9. The highest BCUT2D eigenvalue weighted by Gasteiger charge is 2.68. The fourth-order valence-corrected chi connectivity index (χ4v) is 6.08. The van der Waals surface area contributed by atoms with E-state index in [4.69, 9.17) is 14.2 Å². The molecule has 41 heavy (non-hydrogen) atoms. The Bertz CT molecular complexity index is 1290. The Morgan fingerprint density at radius 2 is 1.39 bits per heavy atom. The summed E-state index contributed by atoms with van der Waals surface area (Å²) in [5.41, 5.74) is -1.28. The predicted molar refractivity (Wildman–Crippen MR) is 153 cm³/mol. The van der Waals surface area contributed by atoms with E-state index in [1.807, 2.05) is 47.4 Å². The number of carbonyl (C=O) groups excluding carboxylic acids is 3. The molecule has 2 heterocycles. The summed E-state index contributed by atoms with van der Waals surface area (Å²) in [5.74, 6) is -3.37. The third kappa shape index (κ3) is 6.53. The zero-order valence-corrected chi connectivity index (χ0v) is 24.8. The number of rotatable bonds is 6. The van der Waals surface area contributed by atoms with Crippen molar-refractivity contribution in [2.45, 2.75) is 83.2 Å². The monoisotopic (exact) mass is 565 g/mol. The van der Waals surface area contributed by atoms with Crippen LogP contribution < -0.4 is 0 Å². The van der Waals surface area contributed by atoms with Gasteiger partial charge in [0, 0.05) is 12.1 Å². The summed E-state index contributed by atoms with van der Waals surface area (Å²) in [4.78, 5) is 43.0. The zero-order valence-electron chi connectivity index (χ0n) is 24.8. The summed E-state index contributed by atoms with van der Waals surface area (Å²) >= 11 is 0. The SMILES string of the molecule is COC(=O)[C@]12C[C@@H](C(=O)OC(C)(C)C)[C@@H](/C=C/c3ccccc3)N1[C@H](c1ccc(F)cc1)[C@H](C(=O)OC(C)(C)C)C2. The molecule has 0 bridgehead atoms. The van der Waals surface area contributed by atoms with Gasteiger partial charge >= 0.3 is 17.9 Å². The first-order chi connectivity index (χ1) is 19.1. The van der Waals surface area contributed by atoms with E-state index in [9.17, 15) is 18.8 Å². The second kappa shape index (κ2) is 11.4. The molecule has 0 amide bonds. The van der Waals surface area contributed by atoms with Crippen molar-refractivity contribution in [1.82, 2.24) is 4.90 Å². The minimum atomic E-state index is -1.32. The lowest BCUT2D eigenvalue weighted by molar-refractivity contribution is -0.161. The molecule has 0 saturated carbocycles. The number of esters is 3. The number of fused-ring (bicyclic) bond motifs is 1. The number of carbonyl (C=O) groups is 3. The molecular weight excluding hydrogens is 525 g/mol. The Morgan fingerprint density at radius 3 is 1.93 bits per heavy atom. The van der Waals surface area contributed by atoms with Crippen LogP contribution in [0.15, 0.2) is 60.7 Å². The molecule has 2 aliphatic heterocycles. The fourth-order valence-electron chi connectivity index (χ4n) is 6.08. The Labute approximate surface area is 241 Å². The van der Waals surface area contributed by atoms with E-state index in [-0.39, 0.29) is 12.8 Å². The Kier molecular flexibility index (Phi) is 8.46. The van der Waals surface area contributed by atoms with Crippen LogP contribution in [0.4, 0.5) is 4.39 Å². The van der Waals surface area contributed by atoms with Gasteiger partial charge in [-0.05, 0) is 77.6 Å². The quantitative estimate of drug-likeness (QED) is 0.319. The van der Waals surface area contributed by atoms with Crippen LogP contribution in [0.1, 0.15) is 71.6 Å². The largest absolute Gasteiger partial charge is 0.468 e. The molecule has 2 saturated heterocycles. The summed E-state index contributed by atoms with van der Waals surface area (Å²) in [6, 6.07) is 14.2. The van der Waals surface area contributed by atoms with E-state index in [0.29, 0.717) is 5.56 Å². The van der Waals surface area contributed by atoms with Crippen molar-refractivity contribution < 1.29 is 33.0 Å². The molecule has 0 aromatic heterocycles. The van der Waals surface area contributed by atoms with Crippen LogP contribution in [0.2, 0.25) is 0 Å². The molecule has 0 aliphatic carbocycles. The minimum Gasteiger partial charge on any atom is -0.468 e. The van der Waals surface area contributed by atoms with E-state index < -0.39 is 64.4 Å². The van der Waals surface area contributed by atoms with Gasteiger partial charge in [0.1, 0.15) is 22.6 Å². The standard InChI is InChI=1S/C33H40FNO6/c1-31(2,3)40-28(36)24-19-33(30(38)39-7)20-25(29(37)41-32(4,5)6)27(22-14-16-23(34)17-15-22)35(33)26(24)18-13-21-11-9-8-10-12-21/h8-18,24-27H,19-20H2,1-7H3/b18-13+/t24-,25-,26-,27-,33-/m1/s1. The van der Waals surface area contributed by atoms with Crippen molar-refractivity contribution in [3.8, 4) is 0 Å². The maximum Gasteiger partial charge on any atom is 0.326 e. The molecule has 0 radical (unpaired) electrons. The maximum absolute atomic E-state index is 14.0. The summed E-state index contributed by atoms with van der Waals surface area (Å²) in [6.45, 7) is 10.7. The first kappa shape index (κ1) is 30.4. The van der Waals surface area contributed by atoms with Gasteiger partial charge in [-0.3, -0.25) is 19.3 Å². The van der Waals surface area contributed by atoms with Crippen molar-refractivity contribution >= 4 is 24.0 Å². The van der Waals surface area contributed by atoms with Crippen molar-refractivity contribution in [1.29, 1.82) is 0 Å². The molecule has 5 atom stereocenters. The van der Waals surface area contributed by atoms with Gasteiger partial charge in [-0.25, -0.2) is 4.39 Å². The highest BCUT2D eigenvalue weighted by atomic mass is 19.1. The normalized spacial score (nSPS) is 26.5. The number of halogens is 1. The molecule has 2 aromatic rings. The number of nitrogens with zero attached hydrogens (tertiary/aromatic N) is 1. The molecule has 0 spiro atoms. The lowest BCUT2D eigenvalue weighted by Gasteiger charge is -2.36. The lowest BCUT2D eigenvalue weighted by atomic mass is 9.83. The summed E-state index contributed by atoms with van der Waals surface area (Å²) < 4.78 is 31.0. The van der Waals surface area contributed by atoms with E-state index in [2.05, 4.69) is 0 Å². The molecule has 7 nitrogen and oxygen atoms in total. The molecule has 8 heteroatoms. The molecular formula is C33H40FNO6. The Hall–Kier alpha value is -3.52. The highest BCUT2D eigenvalue weighted by Crippen LogP contribution is 2.57. The summed E-state index contributed by atoms with van der Waals surface area (Å²) in [5, 5.41) is 0. The fraction of sp³-hybridized carbons (Fsp3) is 0.485. The summed E-state index contributed by atoms with van der Waals surface area (Å²) in [6.07, 6.45) is 3.96. The van der Waals surface area contributed by atoms with Crippen LogP contribution in [0.25, 0.3) is 6.08 Å². The van der Waals surface area contributed by atoms with Crippen molar-refractivity contribution in [3.05, 3.63) is 77.6 Å². The van der Waals surface area contributed by atoms with Gasteiger partial charge in [-0.2, -0.15) is 0 Å². The van der Waals surface area contributed by atoms with Crippen LogP contribution in [0.5, 0.6) is 0 Å². The average Bonchev–Trinajstić information content (AvgIpc) is 3.39. The minimum absolute atomic E-state index is 0.0750. The van der Waals surface area contributed by atoms with Gasteiger partial charge < -0.3 is 14.2 Å². The predicted octanol–water partition coefficient (Wildman–Crippen LogP) is 5.89. The van der Waals surface area contributed by atoms with E-state index in [1.54, 1.807) is 53.7 Å². The zero-order chi connectivity index (χ0) is 30.2. The number of hydrogen-bond donors (Lipinski definition) is 0.